The molecule has 0 bridgehead atoms. The molecule has 20 heteroatoms. The summed E-state index contributed by atoms with van der Waals surface area (Å²) in [6.07, 6.45) is 1.75. The van der Waals surface area contributed by atoms with Gasteiger partial charge < -0.3 is 68.6 Å². The van der Waals surface area contributed by atoms with Crippen LogP contribution in [0.15, 0.2) is 146 Å². The first kappa shape index (κ1) is 62.2. The number of aromatic nitrogens is 1. The number of fused-ring (bicyclic) bond motifs is 1. The zero-order valence-corrected chi connectivity index (χ0v) is 46.8. The van der Waals surface area contributed by atoms with Gasteiger partial charge in [0, 0.05) is 36.4 Å². The molecule has 83 heavy (non-hydrogen) atoms. The summed E-state index contributed by atoms with van der Waals surface area (Å²) in [5, 5.41) is 41.2. The second-order valence-corrected chi connectivity index (χ2v) is 21.1. The van der Waals surface area contributed by atoms with E-state index in [1.165, 1.54) is 6.92 Å². The Kier molecular flexibility index (Phi) is 23.7. The van der Waals surface area contributed by atoms with Gasteiger partial charge in [-0.05, 0) is 98.0 Å². The van der Waals surface area contributed by atoms with Crippen LogP contribution < -0.4 is 53.4 Å². The Morgan fingerprint density at radius 3 is 1.78 bits per heavy atom. The second kappa shape index (κ2) is 31.7. The highest BCUT2D eigenvalue weighted by molar-refractivity contribution is 5.98. The number of nitrogens with two attached hydrogens (primary N) is 2. The summed E-state index contributed by atoms with van der Waals surface area (Å²) in [5.74, 6) is -4.53. The van der Waals surface area contributed by atoms with E-state index in [1.54, 1.807) is 54.7 Å². The fourth-order valence-corrected chi connectivity index (χ4v) is 9.90. The van der Waals surface area contributed by atoms with E-state index in [1.807, 2.05) is 91.0 Å². The lowest BCUT2D eigenvalue weighted by Gasteiger charge is -2.29. The molecule has 20 nitrogen and oxygen atoms in total. The van der Waals surface area contributed by atoms with Gasteiger partial charge in [0.05, 0.1) is 24.8 Å². The Labute approximate surface area is 483 Å². The molecule has 9 atom stereocenters. The van der Waals surface area contributed by atoms with E-state index in [0.717, 1.165) is 22.0 Å². The third kappa shape index (κ3) is 19.1. The number of nitrogens with one attached hydrogen (secondary N) is 8. The fraction of sp³-hybridized carbons (Fsp3) is 0.381. The highest BCUT2D eigenvalue weighted by atomic mass is 16.5. The lowest BCUT2D eigenvalue weighted by molar-refractivity contribution is -0.135. The molecule has 7 amide bonds. The van der Waals surface area contributed by atoms with Gasteiger partial charge in [0.25, 0.3) is 0 Å². The van der Waals surface area contributed by atoms with Gasteiger partial charge in [-0.2, -0.15) is 0 Å². The van der Waals surface area contributed by atoms with Crippen LogP contribution in [0.25, 0.3) is 10.9 Å². The minimum absolute atomic E-state index is 0.0224. The molecule has 440 valence electrons. The predicted molar refractivity (Wildman–Crippen MR) is 315 cm³/mol. The number of hydrogen-bond donors (Lipinski definition) is 12. The number of carbonyl (C=O) groups excluding carboxylic acids is 7. The summed E-state index contributed by atoms with van der Waals surface area (Å²) in [6, 6.07) is 32.0. The van der Waals surface area contributed by atoms with E-state index < -0.39 is 102 Å². The van der Waals surface area contributed by atoms with Crippen LogP contribution in [-0.4, -0.2) is 124 Å². The average molecular weight is 1140 g/mol. The number of aliphatic hydroxyl groups excluding tert-OH is 2. The highest BCUT2D eigenvalue weighted by Gasteiger charge is 2.35. The Morgan fingerprint density at radius 2 is 1.16 bits per heavy atom. The number of carbonyl (C=O) groups is 7. The number of aromatic amines is 1. The molecule has 2 heterocycles. The second-order valence-electron chi connectivity index (χ2n) is 21.1. The van der Waals surface area contributed by atoms with Gasteiger partial charge in [0.15, 0.2) is 0 Å². The number of H-pyrrole nitrogens is 1. The molecule has 6 aromatic rings. The summed E-state index contributed by atoms with van der Waals surface area (Å²) >= 11 is 0. The van der Waals surface area contributed by atoms with E-state index in [2.05, 4.69) is 42.2 Å². The van der Waals surface area contributed by atoms with Crippen LogP contribution in [0.4, 0.5) is 0 Å². The minimum Gasteiger partial charge on any atom is -0.489 e. The molecule has 1 aliphatic rings. The topological polar surface area (TPSA) is 321 Å². The third-order valence-electron chi connectivity index (χ3n) is 14.7. The van der Waals surface area contributed by atoms with Crippen molar-refractivity contribution in [1.82, 2.24) is 42.2 Å². The molecule has 5 aromatic carbocycles. The first-order valence-electron chi connectivity index (χ1n) is 28.4. The number of para-hydroxylation sites is 1. The molecule has 14 N–H and O–H groups in total. The average Bonchev–Trinajstić information content (AvgIpc) is 4.19. The van der Waals surface area contributed by atoms with Crippen molar-refractivity contribution in [2.45, 2.75) is 139 Å². The maximum atomic E-state index is 15.0. The zero-order valence-electron chi connectivity index (χ0n) is 46.8. The molecule has 1 fully saturated rings. The fourth-order valence-electron chi connectivity index (χ4n) is 9.90. The van der Waals surface area contributed by atoms with Crippen molar-refractivity contribution >= 4 is 52.3 Å². The predicted octanol–water partition coefficient (Wildman–Crippen LogP) is 2.81. The molecule has 0 radical (unpaired) electrons. The van der Waals surface area contributed by atoms with E-state index in [-0.39, 0.29) is 64.3 Å². The molecular weight excluding hydrogens is 1060 g/mol. The smallest absolute Gasteiger partial charge is 0.243 e. The zero-order chi connectivity index (χ0) is 59.1. The van der Waals surface area contributed by atoms with Gasteiger partial charge in [-0.15, -0.1) is 0 Å². The summed E-state index contributed by atoms with van der Waals surface area (Å²) in [6.45, 7) is 1.36. The van der Waals surface area contributed by atoms with Crippen LogP contribution in [0.3, 0.4) is 0 Å². The van der Waals surface area contributed by atoms with Crippen LogP contribution in [0.2, 0.25) is 0 Å². The number of unbranched alkanes of at least 4 members (excludes halogenated alkanes) is 1. The van der Waals surface area contributed by atoms with Gasteiger partial charge in [0.2, 0.25) is 41.4 Å². The van der Waals surface area contributed by atoms with E-state index in [9.17, 15) is 39.0 Å². The number of aliphatic hydroxyl groups is 2. The highest BCUT2D eigenvalue weighted by Crippen LogP contribution is 2.21. The Bertz CT molecular complexity index is 3050. The summed E-state index contributed by atoms with van der Waals surface area (Å²) < 4.78 is 6.02. The molecule has 1 aliphatic heterocycles. The third-order valence-corrected chi connectivity index (χ3v) is 14.7. The number of amides is 7. The van der Waals surface area contributed by atoms with Crippen molar-refractivity contribution in [2.75, 3.05) is 13.2 Å². The number of rotatable bonds is 21. The monoisotopic (exact) mass is 1130 g/mol. The Balaban J connectivity index is 1.27. The van der Waals surface area contributed by atoms with Gasteiger partial charge in [0.1, 0.15) is 48.6 Å². The SMILES string of the molecule is C[C@@H](O)[C@@H](CO)NC(=O)[C@@H]1CCCC[C@H](NC(=O)[C@H](N)Cc2ccccc2)C(=O)N[C@@H](Cc2ccccc2)C(=O)N[C@H](Cc2c[nH]c3ccccc23)C(=O)N[C@@H](CCCCN)C(=O)N[C@@H](Cc2ccc(OCc3ccccc3)cc2)C(=O)N1. The molecule has 1 aromatic heterocycles. The number of hydrogen-bond acceptors (Lipinski definition) is 12. The summed E-state index contributed by atoms with van der Waals surface area (Å²) in [7, 11) is 0. The van der Waals surface area contributed by atoms with Crippen molar-refractivity contribution in [3.05, 3.63) is 174 Å². The normalized spacial score (nSPS) is 20.7. The summed E-state index contributed by atoms with van der Waals surface area (Å²) in [5.41, 5.74) is 16.9. The first-order valence-corrected chi connectivity index (χ1v) is 28.4. The van der Waals surface area contributed by atoms with Crippen molar-refractivity contribution < 1.29 is 48.5 Å². The lowest BCUT2D eigenvalue weighted by atomic mass is 9.99. The maximum absolute atomic E-state index is 15.0. The molecule has 0 spiro atoms. The Hall–Kier alpha value is -8.43. The van der Waals surface area contributed by atoms with Gasteiger partial charge in [-0.3, -0.25) is 33.6 Å². The molecular formula is C63H78N10O10. The number of ether oxygens (including phenoxy) is 1. The van der Waals surface area contributed by atoms with Crippen molar-refractivity contribution in [2.24, 2.45) is 11.5 Å². The van der Waals surface area contributed by atoms with Crippen LogP contribution in [0, 0.1) is 0 Å². The number of benzene rings is 5. The molecule has 0 saturated carbocycles. The first-order chi connectivity index (χ1) is 40.2. The van der Waals surface area contributed by atoms with Crippen molar-refractivity contribution in [1.29, 1.82) is 0 Å². The Morgan fingerprint density at radius 1 is 0.627 bits per heavy atom. The van der Waals surface area contributed by atoms with Gasteiger partial charge in [-0.25, -0.2) is 0 Å². The van der Waals surface area contributed by atoms with Gasteiger partial charge >= 0.3 is 0 Å². The maximum Gasteiger partial charge on any atom is 0.243 e. The largest absolute Gasteiger partial charge is 0.489 e. The standard InChI is InChI=1S/C63H78N10O10/c1-40(75)56(38-74)73-60(79)51-26-14-13-25-50(67-57(76)48(65)33-41-17-5-2-6-18-41)58(77)70-53(34-42-19-7-3-8-20-42)62(81)72-55(36-45-37-66-49-24-12-11-23-47(45)49)63(82)69-52(27-15-16-32-64)59(78)71-54(61(80)68-51)35-43-28-30-46(31-29-43)83-39-44-21-9-4-10-22-44/h2-12,17-24,28-31,37,40,48,50-56,66,74-75H,13-16,25-27,32-36,38-39,64-65H2,1H3,(H,67,76)(H,68,80)(H,69,82)(H,70,77)(H,71,78)(H,72,81)(H,73,79)/t40-,48-,50+,51+,52+,53+,54+,55-,56-/m1/s1. The van der Waals surface area contributed by atoms with Crippen molar-refractivity contribution in [3.8, 4) is 5.75 Å². The molecule has 7 rings (SSSR count). The van der Waals surface area contributed by atoms with Crippen LogP contribution in [0.5, 0.6) is 5.75 Å². The van der Waals surface area contributed by atoms with Gasteiger partial charge in [-0.1, -0.05) is 134 Å². The molecule has 0 unspecified atom stereocenters. The molecule has 1 saturated heterocycles. The summed E-state index contributed by atoms with van der Waals surface area (Å²) in [4.78, 5) is 106. The minimum atomic E-state index is -1.36. The van der Waals surface area contributed by atoms with Crippen LogP contribution >= 0.6 is 0 Å². The van der Waals surface area contributed by atoms with E-state index in [4.69, 9.17) is 16.2 Å². The van der Waals surface area contributed by atoms with E-state index in [0.29, 0.717) is 41.9 Å². The lowest BCUT2D eigenvalue weighted by Crippen LogP contribution is -2.61. The van der Waals surface area contributed by atoms with E-state index >= 15 is 4.79 Å². The van der Waals surface area contributed by atoms with Crippen molar-refractivity contribution in [3.63, 3.8) is 0 Å². The van der Waals surface area contributed by atoms with Crippen LogP contribution in [0.1, 0.15) is 79.7 Å². The molecule has 0 aliphatic carbocycles. The quantitative estimate of drug-likeness (QED) is 0.0463. The van der Waals surface area contributed by atoms with Crippen LogP contribution in [-0.2, 0) is 65.9 Å².